The van der Waals surface area contributed by atoms with Gasteiger partial charge in [0.15, 0.2) is 0 Å². The van der Waals surface area contributed by atoms with Gasteiger partial charge in [-0.25, -0.2) is 0 Å². The minimum Gasteiger partial charge on any atom is -0.138 e. The minimum atomic E-state index is 0.188. The molecule has 0 unspecified atom stereocenters. The van der Waals surface area contributed by atoms with Crippen molar-refractivity contribution in [2.24, 2.45) is 0 Å². The van der Waals surface area contributed by atoms with E-state index >= 15 is 0 Å². The smallest absolute Gasteiger partial charge is 0.0608 e. The Balaban J connectivity index is 2.34. The molecule has 0 radical (unpaired) electrons. The van der Waals surface area contributed by atoms with Crippen molar-refractivity contribution in [3.05, 3.63) is 42.2 Å². The van der Waals surface area contributed by atoms with E-state index in [1.165, 1.54) is 5.56 Å². The van der Waals surface area contributed by atoms with Crippen molar-refractivity contribution in [1.82, 2.24) is 15.4 Å². The molecule has 2 rings (SSSR count). The molecule has 82 valence electrons. The topological polar surface area (TPSA) is 38.7 Å². The maximum absolute atomic E-state index is 3.77. The van der Waals surface area contributed by atoms with E-state index in [1.807, 2.05) is 0 Å². The van der Waals surface area contributed by atoms with Gasteiger partial charge in [-0.1, -0.05) is 45.0 Å². The zero-order valence-corrected chi connectivity index (χ0v) is 9.81. The fourth-order valence-corrected chi connectivity index (χ4v) is 1.55. The molecular formula is C13H15N3. The molecule has 0 spiro atoms. The Morgan fingerprint density at radius 3 is 1.88 bits per heavy atom. The molecule has 0 N–H and O–H groups in total. The monoisotopic (exact) mass is 213 g/mol. The lowest BCUT2D eigenvalue weighted by molar-refractivity contribution is 0.590. The van der Waals surface area contributed by atoms with Crippen LogP contribution in [0, 0.1) is 0 Å². The molecule has 0 aliphatic rings. The van der Waals surface area contributed by atoms with Crippen molar-refractivity contribution in [3.8, 4) is 11.1 Å². The molecule has 16 heavy (non-hydrogen) atoms. The summed E-state index contributed by atoms with van der Waals surface area (Å²) in [6.07, 6.45) is 3.44. The Kier molecular flexibility index (Phi) is 2.69. The minimum absolute atomic E-state index is 0.188. The number of benzene rings is 1. The van der Waals surface area contributed by atoms with Gasteiger partial charge in [-0.3, -0.25) is 0 Å². The van der Waals surface area contributed by atoms with E-state index in [4.69, 9.17) is 0 Å². The van der Waals surface area contributed by atoms with Gasteiger partial charge in [0, 0.05) is 5.56 Å². The van der Waals surface area contributed by atoms with Crippen LogP contribution in [-0.2, 0) is 5.41 Å². The summed E-state index contributed by atoms with van der Waals surface area (Å²) in [5.74, 6) is 0. The van der Waals surface area contributed by atoms with Crippen LogP contribution in [-0.4, -0.2) is 15.4 Å². The van der Waals surface area contributed by atoms with Crippen LogP contribution >= 0.6 is 0 Å². The van der Waals surface area contributed by atoms with Gasteiger partial charge < -0.3 is 0 Å². The molecule has 3 nitrogen and oxygen atoms in total. The van der Waals surface area contributed by atoms with Crippen LogP contribution < -0.4 is 0 Å². The zero-order valence-electron chi connectivity index (χ0n) is 9.81. The van der Waals surface area contributed by atoms with Crippen LogP contribution in [0.4, 0.5) is 0 Å². The summed E-state index contributed by atoms with van der Waals surface area (Å²) in [5.41, 5.74) is 3.63. The molecule has 0 atom stereocenters. The van der Waals surface area contributed by atoms with Crippen molar-refractivity contribution >= 4 is 0 Å². The molecule has 2 aromatic rings. The maximum Gasteiger partial charge on any atom is 0.0608 e. The number of aromatic nitrogens is 3. The normalized spacial score (nSPS) is 11.4. The summed E-state index contributed by atoms with van der Waals surface area (Å²) in [4.78, 5) is 0. The van der Waals surface area contributed by atoms with Gasteiger partial charge in [0.25, 0.3) is 0 Å². The highest BCUT2D eigenvalue weighted by atomic mass is 15.3. The molecule has 0 saturated heterocycles. The second-order valence-electron chi connectivity index (χ2n) is 4.86. The third kappa shape index (κ3) is 2.24. The van der Waals surface area contributed by atoms with Gasteiger partial charge in [0.1, 0.15) is 0 Å². The first-order valence-electron chi connectivity index (χ1n) is 5.32. The molecule has 0 bridgehead atoms. The molecule has 1 heterocycles. The Morgan fingerprint density at radius 1 is 0.812 bits per heavy atom. The van der Waals surface area contributed by atoms with Crippen LogP contribution in [0.15, 0.2) is 36.7 Å². The van der Waals surface area contributed by atoms with Crippen LogP contribution in [0.5, 0.6) is 0 Å². The Morgan fingerprint density at radius 2 is 1.38 bits per heavy atom. The van der Waals surface area contributed by atoms with Crippen LogP contribution in [0.2, 0.25) is 0 Å². The van der Waals surface area contributed by atoms with Gasteiger partial charge in [-0.05, 0) is 21.8 Å². The molecule has 3 heteroatoms. The average molecular weight is 213 g/mol. The third-order valence-corrected chi connectivity index (χ3v) is 2.58. The second kappa shape index (κ2) is 4.00. The van der Waals surface area contributed by atoms with E-state index < -0.39 is 0 Å². The van der Waals surface area contributed by atoms with Crippen molar-refractivity contribution in [2.75, 3.05) is 0 Å². The maximum atomic E-state index is 3.77. The van der Waals surface area contributed by atoms with Gasteiger partial charge in [0.05, 0.1) is 12.4 Å². The largest absolute Gasteiger partial charge is 0.138 e. The van der Waals surface area contributed by atoms with Crippen molar-refractivity contribution in [1.29, 1.82) is 0 Å². The van der Waals surface area contributed by atoms with Crippen LogP contribution in [0.25, 0.3) is 11.1 Å². The van der Waals surface area contributed by atoms with Gasteiger partial charge >= 0.3 is 0 Å². The fraction of sp³-hybridized carbons (Fsp3) is 0.308. The molecule has 0 fully saturated rings. The van der Waals surface area contributed by atoms with E-state index in [2.05, 4.69) is 60.4 Å². The van der Waals surface area contributed by atoms with Gasteiger partial charge in [-0.15, -0.1) is 10.2 Å². The molecule has 1 aromatic heterocycles. The predicted octanol–water partition coefficient (Wildman–Crippen LogP) is 2.84. The third-order valence-electron chi connectivity index (χ3n) is 2.58. The highest BCUT2D eigenvalue weighted by molar-refractivity contribution is 5.61. The predicted molar refractivity (Wildman–Crippen MR) is 64.0 cm³/mol. The molecule has 0 aliphatic carbocycles. The van der Waals surface area contributed by atoms with Crippen LogP contribution in [0.3, 0.4) is 0 Å². The van der Waals surface area contributed by atoms with Gasteiger partial charge in [-0.2, -0.15) is 0 Å². The number of hydrogen-bond acceptors (Lipinski definition) is 3. The Labute approximate surface area is 95.5 Å². The van der Waals surface area contributed by atoms with Crippen molar-refractivity contribution < 1.29 is 0 Å². The van der Waals surface area contributed by atoms with Crippen molar-refractivity contribution in [3.63, 3.8) is 0 Å². The first-order valence-corrected chi connectivity index (χ1v) is 5.32. The summed E-state index contributed by atoms with van der Waals surface area (Å²) in [5, 5.41) is 11.1. The average Bonchev–Trinajstić information content (AvgIpc) is 2.29. The first-order chi connectivity index (χ1) is 7.57. The number of rotatable bonds is 1. The lowest BCUT2D eigenvalue weighted by atomic mass is 9.86. The highest BCUT2D eigenvalue weighted by Crippen LogP contribution is 2.25. The summed E-state index contributed by atoms with van der Waals surface area (Å²) in [6, 6.07) is 8.49. The van der Waals surface area contributed by atoms with E-state index in [9.17, 15) is 0 Å². The molecule has 1 aromatic carbocycles. The molecule has 0 amide bonds. The highest BCUT2D eigenvalue weighted by Gasteiger charge is 2.12. The van der Waals surface area contributed by atoms with E-state index in [1.54, 1.807) is 12.4 Å². The zero-order chi connectivity index (χ0) is 11.6. The van der Waals surface area contributed by atoms with Crippen LogP contribution in [0.1, 0.15) is 26.3 Å². The molecule has 0 aliphatic heterocycles. The van der Waals surface area contributed by atoms with Gasteiger partial charge in [0.2, 0.25) is 0 Å². The van der Waals surface area contributed by atoms with E-state index in [0.29, 0.717) is 0 Å². The summed E-state index contributed by atoms with van der Waals surface area (Å²) in [7, 11) is 0. The first kappa shape index (κ1) is 10.7. The quantitative estimate of drug-likeness (QED) is 0.731. The number of nitrogens with zero attached hydrogens (tertiary/aromatic N) is 3. The summed E-state index contributed by atoms with van der Waals surface area (Å²) in [6.45, 7) is 6.62. The Bertz CT molecular complexity index is 455. The van der Waals surface area contributed by atoms with Crippen molar-refractivity contribution in [2.45, 2.75) is 26.2 Å². The molecular weight excluding hydrogens is 198 g/mol. The lowest BCUT2D eigenvalue weighted by Gasteiger charge is -2.19. The number of hydrogen-bond donors (Lipinski definition) is 0. The van der Waals surface area contributed by atoms with E-state index in [0.717, 1.165) is 11.1 Å². The summed E-state index contributed by atoms with van der Waals surface area (Å²) >= 11 is 0. The lowest BCUT2D eigenvalue weighted by Crippen LogP contribution is -2.10. The Hall–Kier alpha value is -1.77. The van der Waals surface area contributed by atoms with E-state index in [-0.39, 0.29) is 5.41 Å². The SMILES string of the molecule is CC(C)(C)c1ccc(-c2cnnnc2)cc1. The summed E-state index contributed by atoms with van der Waals surface area (Å²) < 4.78 is 0. The molecule has 0 saturated carbocycles. The standard InChI is InChI=1S/C13H15N3/c1-13(2,3)12-6-4-10(5-7-12)11-8-14-16-15-9-11/h4-9H,1-3H3. The fourth-order valence-electron chi connectivity index (χ4n) is 1.55. The second-order valence-corrected chi connectivity index (χ2v) is 4.86.